The Labute approximate surface area is 169 Å². The molecule has 0 saturated carbocycles. The largest absolute Gasteiger partial charge is 0.329 e. The van der Waals surface area contributed by atoms with Crippen LogP contribution >= 0.6 is 11.3 Å². The second-order valence-corrected chi connectivity index (χ2v) is 7.59. The maximum Gasteiger partial charge on any atom is 0.254 e. The number of carbonyl (C=O) groups is 2. The SMILES string of the molecule is CCCCCCN(CC(=O)Nc1nccs1)C(=O)c1cccc2ccccc12. The van der Waals surface area contributed by atoms with Crippen LogP contribution in [0.3, 0.4) is 0 Å². The Bertz CT molecular complexity index is 919. The molecular weight excluding hydrogens is 370 g/mol. The Morgan fingerprint density at radius 3 is 2.68 bits per heavy atom. The third-order valence-corrected chi connectivity index (χ3v) is 5.29. The first-order valence-electron chi connectivity index (χ1n) is 9.65. The van der Waals surface area contributed by atoms with E-state index in [1.54, 1.807) is 16.5 Å². The molecule has 0 atom stereocenters. The Kier molecular flexibility index (Phi) is 7.14. The van der Waals surface area contributed by atoms with E-state index in [2.05, 4.69) is 17.2 Å². The molecule has 2 aromatic carbocycles. The molecule has 3 rings (SSSR count). The molecule has 1 heterocycles. The van der Waals surface area contributed by atoms with Gasteiger partial charge in [-0.25, -0.2) is 4.98 Å². The quantitative estimate of drug-likeness (QED) is 0.521. The van der Waals surface area contributed by atoms with Crippen molar-refractivity contribution in [3.8, 4) is 0 Å². The van der Waals surface area contributed by atoms with Crippen LogP contribution in [0.25, 0.3) is 10.8 Å². The number of nitrogens with one attached hydrogen (secondary N) is 1. The van der Waals surface area contributed by atoms with Crippen molar-refractivity contribution < 1.29 is 9.59 Å². The molecule has 6 heteroatoms. The molecule has 5 nitrogen and oxygen atoms in total. The van der Waals surface area contributed by atoms with Crippen molar-refractivity contribution in [3.05, 3.63) is 59.6 Å². The zero-order chi connectivity index (χ0) is 19.8. The van der Waals surface area contributed by atoms with Crippen LogP contribution in [0, 0.1) is 0 Å². The lowest BCUT2D eigenvalue weighted by Gasteiger charge is -2.23. The molecule has 28 heavy (non-hydrogen) atoms. The second-order valence-electron chi connectivity index (χ2n) is 6.70. The number of hydrogen-bond acceptors (Lipinski definition) is 4. The lowest BCUT2D eigenvalue weighted by Crippen LogP contribution is -2.38. The summed E-state index contributed by atoms with van der Waals surface area (Å²) < 4.78 is 0. The molecule has 0 aliphatic heterocycles. The number of amides is 2. The summed E-state index contributed by atoms with van der Waals surface area (Å²) in [7, 11) is 0. The summed E-state index contributed by atoms with van der Waals surface area (Å²) >= 11 is 1.36. The third kappa shape index (κ3) is 5.16. The van der Waals surface area contributed by atoms with Gasteiger partial charge in [-0.1, -0.05) is 62.6 Å². The normalized spacial score (nSPS) is 10.8. The maximum atomic E-state index is 13.3. The Balaban J connectivity index is 1.78. The first kappa shape index (κ1) is 20.0. The van der Waals surface area contributed by atoms with E-state index < -0.39 is 0 Å². The number of aromatic nitrogens is 1. The van der Waals surface area contributed by atoms with Gasteiger partial charge < -0.3 is 10.2 Å². The number of carbonyl (C=O) groups excluding carboxylic acids is 2. The molecule has 0 radical (unpaired) electrons. The average Bonchev–Trinajstić information content (AvgIpc) is 3.22. The number of rotatable bonds is 9. The second kappa shape index (κ2) is 9.99. The van der Waals surface area contributed by atoms with Crippen LogP contribution < -0.4 is 5.32 Å². The molecule has 3 aromatic rings. The van der Waals surface area contributed by atoms with E-state index in [-0.39, 0.29) is 18.4 Å². The standard InChI is InChI=1S/C22H25N3O2S/c1-2-3-4-7-14-25(16-20(26)24-22-23-13-15-28-22)21(27)19-12-8-10-17-9-5-6-11-18(17)19/h5-6,8-13,15H,2-4,7,14,16H2,1H3,(H,23,24,26). The highest BCUT2D eigenvalue weighted by Crippen LogP contribution is 2.20. The lowest BCUT2D eigenvalue weighted by atomic mass is 10.0. The Hall–Kier alpha value is -2.73. The number of thiazole rings is 1. The number of anilines is 1. The number of unbranched alkanes of at least 4 members (excludes halogenated alkanes) is 3. The van der Waals surface area contributed by atoms with Crippen LogP contribution in [0.1, 0.15) is 43.0 Å². The molecular formula is C22H25N3O2S. The van der Waals surface area contributed by atoms with Crippen molar-refractivity contribution in [3.63, 3.8) is 0 Å². The summed E-state index contributed by atoms with van der Waals surface area (Å²) in [6.07, 6.45) is 5.83. The molecule has 0 unspecified atom stereocenters. The highest BCUT2D eigenvalue weighted by Gasteiger charge is 2.20. The molecule has 1 aromatic heterocycles. The molecule has 0 aliphatic rings. The van der Waals surface area contributed by atoms with E-state index in [0.29, 0.717) is 17.2 Å². The number of nitrogens with zero attached hydrogens (tertiary/aromatic N) is 2. The predicted molar refractivity (Wildman–Crippen MR) is 115 cm³/mol. The minimum absolute atomic E-state index is 0.0216. The van der Waals surface area contributed by atoms with Gasteiger partial charge >= 0.3 is 0 Å². The smallest absolute Gasteiger partial charge is 0.254 e. The van der Waals surface area contributed by atoms with Gasteiger partial charge in [-0.15, -0.1) is 11.3 Å². The number of hydrogen-bond donors (Lipinski definition) is 1. The van der Waals surface area contributed by atoms with E-state index in [0.717, 1.165) is 36.5 Å². The van der Waals surface area contributed by atoms with E-state index in [9.17, 15) is 9.59 Å². The number of fused-ring (bicyclic) bond motifs is 1. The van der Waals surface area contributed by atoms with Gasteiger partial charge in [0.25, 0.3) is 5.91 Å². The van der Waals surface area contributed by atoms with Crippen molar-refractivity contribution in [1.82, 2.24) is 9.88 Å². The molecule has 0 saturated heterocycles. The Morgan fingerprint density at radius 2 is 1.89 bits per heavy atom. The van der Waals surface area contributed by atoms with Crippen LogP contribution in [0.2, 0.25) is 0 Å². The fourth-order valence-electron chi connectivity index (χ4n) is 3.18. The van der Waals surface area contributed by atoms with Gasteiger partial charge in [0.15, 0.2) is 5.13 Å². The van der Waals surface area contributed by atoms with E-state index >= 15 is 0 Å². The van der Waals surface area contributed by atoms with Crippen LogP contribution in [-0.4, -0.2) is 34.8 Å². The summed E-state index contributed by atoms with van der Waals surface area (Å²) in [6, 6.07) is 13.6. The minimum atomic E-state index is -0.223. The molecule has 146 valence electrons. The van der Waals surface area contributed by atoms with Crippen LogP contribution in [0.15, 0.2) is 54.0 Å². The van der Waals surface area contributed by atoms with Gasteiger partial charge in [-0.05, 0) is 23.3 Å². The van der Waals surface area contributed by atoms with Gasteiger partial charge in [0.2, 0.25) is 5.91 Å². The van der Waals surface area contributed by atoms with Crippen LogP contribution in [-0.2, 0) is 4.79 Å². The average molecular weight is 396 g/mol. The molecule has 2 amide bonds. The molecule has 1 N–H and O–H groups in total. The van der Waals surface area contributed by atoms with Gasteiger partial charge in [0, 0.05) is 23.7 Å². The van der Waals surface area contributed by atoms with Gasteiger partial charge in [0.1, 0.15) is 6.54 Å². The van der Waals surface area contributed by atoms with Crippen LogP contribution in [0.5, 0.6) is 0 Å². The van der Waals surface area contributed by atoms with Crippen molar-refractivity contribution in [1.29, 1.82) is 0 Å². The molecule has 0 fully saturated rings. The summed E-state index contributed by atoms with van der Waals surface area (Å²) in [6.45, 7) is 2.74. The summed E-state index contributed by atoms with van der Waals surface area (Å²) in [5, 5.41) is 7.06. The zero-order valence-corrected chi connectivity index (χ0v) is 16.9. The lowest BCUT2D eigenvalue weighted by molar-refractivity contribution is -0.116. The highest BCUT2D eigenvalue weighted by atomic mass is 32.1. The minimum Gasteiger partial charge on any atom is -0.329 e. The van der Waals surface area contributed by atoms with Crippen molar-refractivity contribution in [2.24, 2.45) is 0 Å². The molecule has 0 bridgehead atoms. The molecule has 0 spiro atoms. The van der Waals surface area contributed by atoms with Crippen molar-refractivity contribution >= 4 is 39.1 Å². The van der Waals surface area contributed by atoms with E-state index in [1.807, 2.05) is 42.5 Å². The van der Waals surface area contributed by atoms with E-state index in [1.165, 1.54) is 11.3 Å². The predicted octanol–water partition coefficient (Wildman–Crippen LogP) is 4.96. The van der Waals surface area contributed by atoms with Gasteiger partial charge in [-0.3, -0.25) is 9.59 Å². The fraction of sp³-hybridized carbons (Fsp3) is 0.318. The summed E-state index contributed by atoms with van der Waals surface area (Å²) in [4.78, 5) is 31.5. The molecule has 0 aliphatic carbocycles. The van der Waals surface area contributed by atoms with Crippen LogP contribution in [0.4, 0.5) is 5.13 Å². The first-order chi connectivity index (χ1) is 13.7. The van der Waals surface area contributed by atoms with Gasteiger partial charge in [-0.2, -0.15) is 0 Å². The Morgan fingerprint density at radius 1 is 1.07 bits per heavy atom. The van der Waals surface area contributed by atoms with Crippen molar-refractivity contribution in [2.75, 3.05) is 18.4 Å². The number of benzene rings is 2. The monoisotopic (exact) mass is 395 g/mol. The first-order valence-corrected chi connectivity index (χ1v) is 10.5. The summed E-state index contributed by atoms with van der Waals surface area (Å²) in [5.41, 5.74) is 0.635. The summed E-state index contributed by atoms with van der Waals surface area (Å²) in [5.74, 6) is -0.332. The van der Waals surface area contributed by atoms with Gasteiger partial charge in [0.05, 0.1) is 0 Å². The highest BCUT2D eigenvalue weighted by molar-refractivity contribution is 7.13. The third-order valence-electron chi connectivity index (χ3n) is 4.60. The topological polar surface area (TPSA) is 62.3 Å². The van der Waals surface area contributed by atoms with Crippen molar-refractivity contribution in [2.45, 2.75) is 32.6 Å². The maximum absolute atomic E-state index is 13.3. The fourth-order valence-corrected chi connectivity index (χ4v) is 3.73. The van der Waals surface area contributed by atoms with E-state index in [4.69, 9.17) is 0 Å². The zero-order valence-electron chi connectivity index (χ0n) is 16.1.